The molecule has 1 heterocycles. The SMILES string of the molecule is FC(F)(F)c1cccc(Oc2cc(CCl)c(Cl)cn2)c1. The van der Waals surface area contributed by atoms with Crippen molar-refractivity contribution >= 4 is 23.2 Å². The molecular weight excluding hydrogens is 314 g/mol. The summed E-state index contributed by atoms with van der Waals surface area (Å²) in [5.41, 5.74) is -0.202. The van der Waals surface area contributed by atoms with Crippen LogP contribution in [0.5, 0.6) is 11.6 Å². The summed E-state index contributed by atoms with van der Waals surface area (Å²) < 4.78 is 43.0. The molecule has 0 N–H and O–H groups in total. The van der Waals surface area contributed by atoms with Crippen LogP contribution in [0.2, 0.25) is 5.02 Å². The fraction of sp³-hybridized carbons (Fsp3) is 0.154. The summed E-state index contributed by atoms with van der Waals surface area (Å²) in [4.78, 5) is 3.88. The number of hydrogen-bond acceptors (Lipinski definition) is 2. The normalized spacial score (nSPS) is 11.4. The van der Waals surface area contributed by atoms with Gasteiger partial charge in [0.25, 0.3) is 0 Å². The molecule has 1 aromatic heterocycles. The predicted molar refractivity (Wildman–Crippen MR) is 70.3 cm³/mol. The number of aromatic nitrogens is 1. The van der Waals surface area contributed by atoms with Crippen molar-refractivity contribution in [2.45, 2.75) is 12.1 Å². The Balaban J connectivity index is 2.26. The Morgan fingerprint density at radius 1 is 1.20 bits per heavy atom. The van der Waals surface area contributed by atoms with Gasteiger partial charge in [0, 0.05) is 18.1 Å². The van der Waals surface area contributed by atoms with Gasteiger partial charge < -0.3 is 4.74 Å². The van der Waals surface area contributed by atoms with E-state index in [1.807, 2.05) is 0 Å². The highest BCUT2D eigenvalue weighted by atomic mass is 35.5. The highest BCUT2D eigenvalue weighted by molar-refractivity contribution is 6.32. The molecule has 0 radical (unpaired) electrons. The lowest BCUT2D eigenvalue weighted by molar-refractivity contribution is -0.137. The molecule has 0 saturated heterocycles. The van der Waals surface area contributed by atoms with Gasteiger partial charge in [-0.1, -0.05) is 17.7 Å². The molecule has 2 nitrogen and oxygen atoms in total. The van der Waals surface area contributed by atoms with Crippen LogP contribution in [0.25, 0.3) is 0 Å². The van der Waals surface area contributed by atoms with Gasteiger partial charge in [-0.15, -0.1) is 11.6 Å². The van der Waals surface area contributed by atoms with Crippen LogP contribution in [-0.2, 0) is 12.1 Å². The Kier molecular flexibility index (Phi) is 4.40. The molecule has 0 spiro atoms. The van der Waals surface area contributed by atoms with Crippen molar-refractivity contribution in [2.24, 2.45) is 0 Å². The van der Waals surface area contributed by atoms with Gasteiger partial charge in [0.05, 0.1) is 10.6 Å². The molecular formula is C13H8Cl2F3NO. The van der Waals surface area contributed by atoms with Gasteiger partial charge >= 0.3 is 6.18 Å². The van der Waals surface area contributed by atoms with E-state index in [1.165, 1.54) is 24.4 Å². The summed E-state index contributed by atoms with van der Waals surface area (Å²) in [5.74, 6) is 0.319. The molecule has 106 valence electrons. The second kappa shape index (κ2) is 5.89. The average molecular weight is 322 g/mol. The summed E-state index contributed by atoms with van der Waals surface area (Å²) in [6.45, 7) is 0. The Bertz CT molecular complexity index is 617. The number of pyridine rings is 1. The van der Waals surface area contributed by atoms with Crippen LogP contribution in [-0.4, -0.2) is 4.98 Å². The van der Waals surface area contributed by atoms with Gasteiger partial charge in [-0.2, -0.15) is 13.2 Å². The number of rotatable bonds is 3. The minimum atomic E-state index is -4.42. The van der Waals surface area contributed by atoms with Gasteiger partial charge in [0.1, 0.15) is 5.75 Å². The first-order valence-corrected chi connectivity index (χ1v) is 6.37. The van der Waals surface area contributed by atoms with E-state index in [0.717, 1.165) is 12.1 Å². The topological polar surface area (TPSA) is 22.1 Å². The quantitative estimate of drug-likeness (QED) is 0.717. The van der Waals surface area contributed by atoms with Crippen LogP contribution < -0.4 is 4.74 Å². The average Bonchev–Trinajstić information content (AvgIpc) is 2.40. The van der Waals surface area contributed by atoms with Gasteiger partial charge in [-0.25, -0.2) is 4.98 Å². The molecule has 0 saturated carbocycles. The van der Waals surface area contributed by atoms with Crippen LogP contribution in [0.4, 0.5) is 13.2 Å². The molecule has 2 aromatic rings. The third-order valence-electron chi connectivity index (χ3n) is 2.44. The standard InChI is InChI=1S/C13H8Cl2F3NO/c14-6-8-4-12(19-7-11(8)15)20-10-3-1-2-9(5-10)13(16,17)18/h1-5,7H,6H2. The lowest BCUT2D eigenvalue weighted by atomic mass is 10.2. The maximum Gasteiger partial charge on any atom is 0.416 e. The lowest BCUT2D eigenvalue weighted by Gasteiger charge is -2.10. The van der Waals surface area contributed by atoms with Crippen LogP contribution in [0.3, 0.4) is 0 Å². The van der Waals surface area contributed by atoms with Gasteiger partial charge in [-0.3, -0.25) is 0 Å². The van der Waals surface area contributed by atoms with E-state index < -0.39 is 11.7 Å². The first kappa shape index (κ1) is 14.9. The van der Waals surface area contributed by atoms with Crippen molar-refractivity contribution < 1.29 is 17.9 Å². The lowest BCUT2D eigenvalue weighted by Crippen LogP contribution is -2.04. The highest BCUT2D eigenvalue weighted by Crippen LogP contribution is 2.32. The number of hydrogen-bond donors (Lipinski definition) is 0. The number of nitrogens with zero attached hydrogens (tertiary/aromatic N) is 1. The Hall–Kier alpha value is -1.46. The van der Waals surface area contributed by atoms with Gasteiger partial charge in [0.15, 0.2) is 0 Å². The molecule has 0 unspecified atom stereocenters. The maximum absolute atomic E-state index is 12.6. The minimum Gasteiger partial charge on any atom is -0.439 e. The third kappa shape index (κ3) is 3.55. The minimum absolute atomic E-state index is 0.0372. The Morgan fingerprint density at radius 3 is 2.60 bits per heavy atom. The van der Waals surface area contributed by atoms with Crippen LogP contribution in [0.1, 0.15) is 11.1 Å². The molecule has 20 heavy (non-hydrogen) atoms. The van der Waals surface area contributed by atoms with E-state index in [4.69, 9.17) is 27.9 Å². The Labute approximate surface area is 123 Å². The number of alkyl halides is 4. The van der Waals surface area contributed by atoms with Crippen molar-refractivity contribution in [3.8, 4) is 11.6 Å². The number of ether oxygens (including phenoxy) is 1. The van der Waals surface area contributed by atoms with E-state index in [-0.39, 0.29) is 17.5 Å². The largest absolute Gasteiger partial charge is 0.439 e. The molecule has 7 heteroatoms. The van der Waals surface area contributed by atoms with Crippen molar-refractivity contribution in [1.29, 1.82) is 0 Å². The van der Waals surface area contributed by atoms with Gasteiger partial charge in [-0.05, 0) is 23.8 Å². The van der Waals surface area contributed by atoms with Crippen molar-refractivity contribution in [3.63, 3.8) is 0 Å². The fourth-order valence-corrected chi connectivity index (χ4v) is 1.93. The molecule has 0 amide bonds. The number of halogens is 5. The third-order valence-corrected chi connectivity index (χ3v) is 3.07. The summed E-state index contributed by atoms with van der Waals surface area (Å²) in [5, 5.41) is 0.372. The van der Waals surface area contributed by atoms with E-state index in [9.17, 15) is 13.2 Å². The molecule has 0 aliphatic rings. The van der Waals surface area contributed by atoms with E-state index in [2.05, 4.69) is 4.98 Å². The predicted octanol–water partition coefficient (Wildman–Crippen LogP) is 5.28. The first-order valence-electron chi connectivity index (χ1n) is 5.45. The Morgan fingerprint density at radius 2 is 1.95 bits per heavy atom. The molecule has 1 aromatic carbocycles. The molecule has 0 aliphatic carbocycles. The first-order chi connectivity index (χ1) is 9.40. The fourth-order valence-electron chi connectivity index (χ4n) is 1.47. The second-order valence-corrected chi connectivity index (χ2v) is 4.55. The monoisotopic (exact) mass is 321 g/mol. The summed E-state index contributed by atoms with van der Waals surface area (Å²) in [6, 6.07) is 6.01. The van der Waals surface area contributed by atoms with Crippen molar-refractivity contribution in [1.82, 2.24) is 4.98 Å². The zero-order valence-corrected chi connectivity index (χ0v) is 11.4. The molecule has 0 bridgehead atoms. The molecule has 2 rings (SSSR count). The summed E-state index contributed by atoms with van der Waals surface area (Å²) in [6.07, 6.45) is -3.09. The zero-order chi connectivity index (χ0) is 14.8. The maximum atomic E-state index is 12.6. The van der Waals surface area contributed by atoms with Crippen molar-refractivity contribution in [3.05, 3.63) is 52.7 Å². The number of benzene rings is 1. The van der Waals surface area contributed by atoms with Crippen LogP contribution in [0, 0.1) is 0 Å². The summed E-state index contributed by atoms with van der Waals surface area (Å²) in [7, 11) is 0. The second-order valence-electron chi connectivity index (χ2n) is 3.88. The summed E-state index contributed by atoms with van der Waals surface area (Å²) >= 11 is 11.5. The van der Waals surface area contributed by atoms with Gasteiger partial charge in [0.2, 0.25) is 5.88 Å². The van der Waals surface area contributed by atoms with E-state index in [1.54, 1.807) is 0 Å². The smallest absolute Gasteiger partial charge is 0.416 e. The van der Waals surface area contributed by atoms with Crippen LogP contribution >= 0.6 is 23.2 Å². The highest BCUT2D eigenvalue weighted by Gasteiger charge is 2.30. The molecule has 0 atom stereocenters. The van der Waals surface area contributed by atoms with Crippen LogP contribution in [0.15, 0.2) is 36.5 Å². The van der Waals surface area contributed by atoms with E-state index >= 15 is 0 Å². The molecule has 0 aliphatic heterocycles. The van der Waals surface area contributed by atoms with Crippen molar-refractivity contribution in [2.75, 3.05) is 0 Å². The zero-order valence-electron chi connectivity index (χ0n) is 9.92. The molecule has 0 fully saturated rings. The van der Waals surface area contributed by atoms with E-state index in [0.29, 0.717) is 10.6 Å².